The summed E-state index contributed by atoms with van der Waals surface area (Å²) in [5.74, 6) is -0.577. The summed E-state index contributed by atoms with van der Waals surface area (Å²) >= 11 is 0. The molecule has 0 aliphatic carbocycles. The van der Waals surface area contributed by atoms with E-state index in [1.54, 1.807) is 12.4 Å². The summed E-state index contributed by atoms with van der Waals surface area (Å²) in [7, 11) is 0. The quantitative estimate of drug-likeness (QED) is 0.536. The molecule has 5 rings (SSSR count). The lowest BCUT2D eigenvalue weighted by Crippen LogP contribution is -2.45. The highest BCUT2D eigenvalue weighted by Gasteiger charge is 2.40. The van der Waals surface area contributed by atoms with Crippen molar-refractivity contribution in [2.24, 2.45) is 5.73 Å². The number of aromatic nitrogens is 3. The number of nitrogens with zero attached hydrogens (tertiary/aromatic N) is 3. The van der Waals surface area contributed by atoms with Crippen LogP contribution < -0.4 is 10.5 Å². The first-order chi connectivity index (χ1) is 15.0. The van der Waals surface area contributed by atoms with E-state index in [1.165, 1.54) is 12.1 Å². The zero-order valence-electron chi connectivity index (χ0n) is 16.8. The Bertz CT molecular complexity index is 1280. The molecule has 1 aliphatic heterocycles. The molecule has 0 unspecified atom stereocenters. The molecule has 3 heterocycles. The van der Waals surface area contributed by atoms with Crippen molar-refractivity contribution in [2.75, 3.05) is 13.2 Å². The smallest absolute Gasteiger partial charge is 0.228 e. The largest absolute Gasteiger partial charge is 0.489 e. The molecule has 2 aromatic carbocycles. The van der Waals surface area contributed by atoms with Crippen LogP contribution in [0.1, 0.15) is 24.0 Å². The predicted octanol–water partition coefficient (Wildman–Crippen LogP) is 3.13. The molecule has 7 nitrogen and oxygen atoms in total. The summed E-state index contributed by atoms with van der Waals surface area (Å²) in [5.41, 5.74) is 8.01. The third-order valence-electron chi connectivity index (χ3n) is 5.98. The zero-order chi connectivity index (χ0) is 21.4. The minimum atomic E-state index is -0.939. The van der Waals surface area contributed by atoms with Gasteiger partial charge in [0, 0.05) is 19.3 Å². The van der Waals surface area contributed by atoms with Gasteiger partial charge in [-0.3, -0.25) is 9.20 Å². The van der Waals surface area contributed by atoms with Gasteiger partial charge in [-0.25, -0.2) is 4.39 Å². The highest BCUT2D eigenvalue weighted by Crippen LogP contribution is 2.37. The van der Waals surface area contributed by atoms with Crippen molar-refractivity contribution >= 4 is 22.5 Å². The molecule has 2 N–H and O–H groups in total. The molecule has 8 heteroatoms. The maximum atomic E-state index is 14.4. The number of carbonyl (C=O) groups is 1. The Morgan fingerprint density at radius 3 is 2.81 bits per heavy atom. The summed E-state index contributed by atoms with van der Waals surface area (Å²) < 4.78 is 27.6. The van der Waals surface area contributed by atoms with E-state index in [1.807, 2.05) is 34.7 Å². The summed E-state index contributed by atoms with van der Waals surface area (Å²) in [4.78, 5) is 12.3. The van der Waals surface area contributed by atoms with Gasteiger partial charge in [0.05, 0.1) is 10.9 Å². The second-order valence-corrected chi connectivity index (χ2v) is 7.81. The molecule has 1 fully saturated rings. The van der Waals surface area contributed by atoms with Gasteiger partial charge in [-0.15, -0.1) is 10.2 Å². The monoisotopic (exact) mass is 420 g/mol. The Hall–Kier alpha value is -3.52. The van der Waals surface area contributed by atoms with Crippen LogP contribution in [0.4, 0.5) is 4.39 Å². The van der Waals surface area contributed by atoms with Crippen LogP contribution in [-0.2, 0) is 21.6 Å². The van der Waals surface area contributed by atoms with Crippen LogP contribution in [0, 0.1) is 5.82 Å². The summed E-state index contributed by atoms with van der Waals surface area (Å²) in [6.07, 6.45) is 2.52. The van der Waals surface area contributed by atoms with Crippen molar-refractivity contribution in [1.29, 1.82) is 0 Å². The van der Waals surface area contributed by atoms with Crippen LogP contribution in [0.3, 0.4) is 0 Å². The van der Waals surface area contributed by atoms with Gasteiger partial charge in [-0.2, -0.15) is 0 Å². The summed E-state index contributed by atoms with van der Waals surface area (Å²) in [6, 6.07) is 14.2. The maximum absolute atomic E-state index is 14.4. The number of benzene rings is 2. The lowest BCUT2D eigenvalue weighted by molar-refractivity contribution is -0.127. The van der Waals surface area contributed by atoms with Crippen molar-refractivity contribution in [3.63, 3.8) is 0 Å². The van der Waals surface area contributed by atoms with E-state index in [0.29, 0.717) is 37.4 Å². The number of pyridine rings is 1. The molecule has 0 atom stereocenters. The van der Waals surface area contributed by atoms with Crippen LogP contribution in [0.2, 0.25) is 0 Å². The van der Waals surface area contributed by atoms with Crippen LogP contribution in [-0.4, -0.2) is 33.7 Å². The van der Waals surface area contributed by atoms with Crippen molar-refractivity contribution < 1.29 is 18.7 Å². The third-order valence-corrected chi connectivity index (χ3v) is 5.98. The molecular formula is C23H21FN4O3. The van der Waals surface area contributed by atoms with Gasteiger partial charge in [0.1, 0.15) is 24.5 Å². The topological polar surface area (TPSA) is 91.7 Å². The first kappa shape index (κ1) is 19.4. The van der Waals surface area contributed by atoms with Gasteiger partial charge in [0.2, 0.25) is 5.91 Å². The Balaban J connectivity index is 1.41. The lowest BCUT2D eigenvalue weighted by Gasteiger charge is -2.34. The van der Waals surface area contributed by atoms with Gasteiger partial charge in [0.15, 0.2) is 5.65 Å². The van der Waals surface area contributed by atoms with E-state index in [2.05, 4.69) is 10.2 Å². The standard InChI is InChI=1S/C23H21FN4O3/c24-18-10-17(23(22(25)29)5-7-30-8-6-23)11-19(12-18)31-13-15-1-3-20-16(9-15)2-4-21-27-26-14-28(20)21/h1-4,9-12,14H,5-8,13H2,(H2,25,29). The highest BCUT2D eigenvalue weighted by atomic mass is 19.1. The molecule has 1 saturated heterocycles. The maximum Gasteiger partial charge on any atom is 0.228 e. The number of amides is 1. The van der Waals surface area contributed by atoms with Gasteiger partial charge in [-0.05, 0) is 65.8 Å². The first-order valence-electron chi connectivity index (χ1n) is 10.1. The van der Waals surface area contributed by atoms with Gasteiger partial charge < -0.3 is 15.2 Å². The number of ether oxygens (including phenoxy) is 2. The molecule has 2 aromatic heterocycles. The summed E-state index contributed by atoms with van der Waals surface area (Å²) in [5, 5.41) is 9.00. The molecule has 0 bridgehead atoms. The number of carbonyl (C=O) groups excluding carboxylic acids is 1. The molecule has 0 saturated carbocycles. The minimum Gasteiger partial charge on any atom is -0.489 e. The Morgan fingerprint density at radius 1 is 1.16 bits per heavy atom. The summed E-state index contributed by atoms with van der Waals surface area (Å²) in [6.45, 7) is 1.07. The second-order valence-electron chi connectivity index (χ2n) is 7.81. The molecule has 158 valence electrons. The number of rotatable bonds is 5. The first-order valence-corrected chi connectivity index (χ1v) is 10.1. The lowest BCUT2D eigenvalue weighted by atomic mass is 9.73. The van der Waals surface area contributed by atoms with E-state index in [0.717, 1.165) is 22.1 Å². The van der Waals surface area contributed by atoms with Crippen LogP contribution in [0.15, 0.2) is 54.9 Å². The van der Waals surface area contributed by atoms with Gasteiger partial charge in [-0.1, -0.05) is 6.07 Å². The fraction of sp³-hybridized carbons (Fsp3) is 0.261. The normalized spacial score (nSPS) is 15.9. The van der Waals surface area contributed by atoms with Crippen molar-refractivity contribution in [1.82, 2.24) is 14.6 Å². The number of hydrogen-bond acceptors (Lipinski definition) is 5. The molecule has 4 aromatic rings. The van der Waals surface area contributed by atoms with Crippen LogP contribution in [0.25, 0.3) is 16.6 Å². The van der Waals surface area contributed by atoms with Crippen LogP contribution >= 0.6 is 0 Å². The van der Waals surface area contributed by atoms with E-state index >= 15 is 0 Å². The number of fused-ring (bicyclic) bond motifs is 3. The molecule has 1 aliphatic rings. The van der Waals surface area contributed by atoms with Gasteiger partial charge >= 0.3 is 0 Å². The van der Waals surface area contributed by atoms with E-state index in [9.17, 15) is 9.18 Å². The molecular weight excluding hydrogens is 399 g/mol. The van der Waals surface area contributed by atoms with E-state index in [-0.39, 0.29) is 6.61 Å². The van der Waals surface area contributed by atoms with E-state index < -0.39 is 17.1 Å². The number of hydrogen-bond donors (Lipinski definition) is 1. The predicted molar refractivity (Wildman–Crippen MR) is 112 cm³/mol. The number of halogens is 1. The average molecular weight is 420 g/mol. The van der Waals surface area contributed by atoms with Crippen molar-refractivity contribution in [3.05, 3.63) is 71.8 Å². The molecule has 31 heavy (non-hydrogen) atoms. The molecule has 1 amide bonds. The SMILES string of the molecule is NC(=O)C1(c2cc(F)cc(OCc3ccc4c(ccc5nncn54)c3)c2)CCOCC1. The number of primary amides is 1. The average Bonchev–Trinajstić information content (AvgIpc) is 3.27. The third kappa shape index (κ3) is 3.48. The second kappa shape index (κ2) is 7.63. The Kier molecular flexibility index (Phi) is 4.78. The van der Waals surface area contributed by atoms with Crippen molar-refractivity contribution in [2.45, 2.75) is 24.9 Å². The zero-order valence-corrected chi connectivity index (χ0v) is 16.8. The molecule has 0 radical (unpaired) electrons. The van der Waals surface area contributed by atoms with Crippen molar-refractivity contribution in [3.8, 4) is 5.75 Å². The van der Waals surface area contributed by atoms with Crippen LogP contribution in [0.5, 0.6) is 5.75 Å². The fourth-order valence-corrected chi connectivity index (χ4v) is 4.24. The minimum absolute atomic E-state index is 0.256. The van der Waals surface area contributed by atoms with E-state index in [4.69, 9.17) is 15.2 Å². The number of nitrogens with two attached hydrogens (primary N) is 1. The fourth-order valence-electron chi connectivity index (χ4n) is 4.24. The molecule has 0 spiro atoms. The Labute approximate surface area is 177 Å². The van der Waals surface area contributed by atoms with Gasteiger partial charge in [0.25, 0.3) is 0 Å². The Morgan fingerprint density at radius 2 is 2.00 bits per heavy atom. The highest BCUT2D eigenvalue weighted by molar-refractivity contribution is 5.87.